The number of carbonyl (C=O) groups excluding carboxylic acids is 1. The molecule has 4 heterocycles. The first-order valence-corrected chi connectivity index (χ1v) is 14.4. The summed E-state index contributed by atoms with van der Waals surface area (Å²) in [6, 6.07) is 5.04. The third-order valence-corrected chi connectivity index (χ3v) is 8.76. The molecule has 3 aromatic heterocycles. The molecule has 0 unspecified atom stereocenters. The van der Waals surface area contributed by atoms with Crippen molar-refractivity contribution in [1.82, 2.24) is 23.7 Å². The van der Waals surface area contributed by atoms with Crippen molar-refractivity contribution in [3.63, 3.8) is 0 Å². The number of halogens is 3. The molecule has 5 rings (SSSR count). The molecule has 1 aromatic carbocycles. The topological polar surface area (TPSA) is 137 Å². The summed E-state index contributed by atoms with van der Waals surface area (Å²) in [5.74, 6) is -0.656. The van der Waals surface area contributed by atoms with Crippen LogP contribution in [0.3, 0.4) is 0 Å². The summed E-state index contributed by atoms with van der Waals surface area (Å²) < 4.78 is 74.3. The quantitative estimate of drug-likeness (QED) is 0.342. The second kappa shape index (κ2) is 10.9. The van der Waals surface area contributed by atoms with Crippen molar-refractivity contribution in [1.29, 1.82) is 0 Å². The van der Waals surface area contributed by atoms with Gasteiger partial charge in [-0.05, 0) is 57.0 Å². The van der Waals surface area contributed by atoms with Gasteiger partial charge in [-0.2, -0.15) is 17.5 Å². The number of alkyl halides is 3. The minimum absolute atomic E-state index is 0.0197. The first-order valence-electron chi connectivity index (χ1n) is 13.0. The highest BCUT2D eigenvalue weighted by molar-refractivity contribution is 7.89. The lowest BCUT2D eigenvalue weighted by molar-refractivity contribution is -0.137. The highest BCUT2D eigenvalue weighted by Crippen LogP contribution is 2.31. The van der Waals surface area contributed by atoms with E-state index in [9.17, 15) is 36.0 Å². The standard InChI is InChI=1S/C27H26F3N5O6S/c1-16(2)35-25(37)18(15-33(26(35)38)20-7-5-19(6-8-20)27(28,29)30)14-32-24(36)21-4-3-11-34(21)42(39,40)23-12-17-13-31-10-9-22(17)41-23/h5-10,12-13,15-16,21H,3-4,11,14H2,1-2H3,(H,32,36)/t21-/m0/s1. The molecule has 15 heteroatoms. The van der Waals surface area contributed by atoms with E-state index in [-0.39, 0.29) is 35.9 Å². The monoisotopic (exact) mass is 605 g/mol. The molecule has 4 aromatic rings. The van der Waals surface area contributed by atoms with Crippen molar-refractivity contribution in [2.45, 2.75) is 56.6 Å². The summed E-state index contributed by atoms with van der Waals surface area (Å²) in [6.45, 7) is 2.91. The molecule has 1 aliphatic rings. The number of hydrogen-bond acceptors (Lipinski definition) is 7. The van der Waals surface area contributed by atoms with E-state index in [1.807, 2.05) is 0 Å². The van der Waals surface area contributed by atoms with Crippen LogP contribution in [0.4, 0.5) is 13.2 Å². The van der Waals surface area contributed by atoms with Crippen LogP contribution in [0, 0.1) is 0 Å². The van der Waals surface area contributed by atoms with Gasteiger partial charge in [-0.3, -0.25) is 23.7 Å². The second-order valence-electron chi connectivity index (χ2n) is 10.1. The number of nitrogens with one attached hydrogen (secondary N) is 1. The number of pyridine rings is 1. The SMILES string of the molecule is CC(C)n1c(=O)c(CNC(=O)[C@@H]2CCCN2S(=O)(=O)c2cc3cnccc3o2)cn(-c2ccc(C(F)(F)F)cc2)c1=O. The van der Waals surface area contributed by atoms with Gasteiger partial charge in [-0.1, -0.05) is 0 Å². The Hall–Kier alpha value is -4.24. The number of aromatic nitrogens is 3. The van der Waals surface area contributed by atoms with E-state index < -0.39 is 51.0 Å². The van der Waals surface area contributed by atoms with Crippen LogP contribution >= 0.6 is 0 Å². The number of benzene rings is 1. The Morgan fingerprint density at radius 1 is 1.17 bits per heavy atom. The van der Waals surface area contributed by atoms with Gasteiger partial charge in [0.15, 0.2) is 0 Å². The number of amides is 1. The highest BCUT2D eigenvalue weighted by atomic mass is 32.2. The predicted octanol–water partition coefficient (Wildman–Crippen LogP) is 3.21. The van der Waals surface area contributed by atoms with Crippen LogP contribution in [0.15, 0.2) is 74.1 Å². The zero-order valence-corrected chi connectivity index (χ0v) is 23.3. The molecular formula is C27H26F3N5O6S. The van der Waals surface area contributed by atoms with Crippen LogP contribution in [0.25, 0.3) is 16.7 Å². The normalized spacial score (nSPS) is 16.4. The molecule has 0 bridgehead atoms. The number of hydrogen-bond donors (Lipinski definition) is 1. The number of nitrogens with zero attached hydrogens (tertiary/aromatic N) is 4. The van der Waals surface area contributed by atoms with E-state index in [0.29, 0.717) is 17.4 Å². The summed E-state index contributed by atoms with van der Waals surface area (Å²) in [5.41, 5.74) is -1.96. The minimum atomic E-state index is -4.57. The van der Waals surface area contributed by atoms with Gasteiger partial charge in [0.2, 0.25) is 11.0 Å². The maximum absolute atomic E-state index is 13.4. The van der Waals surface area contributed by atoms with Crippen molar-refractivity contribution in [3.8, 4) is 5.69 Å². The lowest BCUT2D eigenvalue weighted by Crippen LogP contribution is -2.47. The Kier molecular flexibility index (Phi) is 7.57. The van der Waals surface area contributed by atoms with Crippen molar-refractivity contribution >= 4 is 26.9 Å². The maximum Gasteiger partial charge on any atom is 0.416 e. The number of rotatable bonds is 7. The smallest absolute Gasteiger partial charge is 0.416 e. The van der Waals surface area contributed by atoms with Crippen LogP contribution in [0.1, 0.15) is 43.9 Å². The summed E-state index contributed by atoms with van der Waals surface area (Å²) >= 11 is 0. The van der Waals surface area contributed by atoms with Gasteiger partial charge in [0, 0.05) is 49.2 Å². The summed E-state index contributed by atoms with van der Waals surface area (Å²) in [7, 11) is -4.18. The van der Waals surface area contributed by atoms with E-state index in [4.69, 9.17) is 4.42 Å². The lowest BCUT2D eigenvalue weighted by atomic mass is 10.2. The molecule has 0 radical (unpaired) electrons. The molecule has 1 N–H and O–H groups in total. The Bertz CT molecular complexity index is 1840. The first kappa shape index (κ1) is 29.3. The van der Waals surface area contributed by atoms with Crippen molar-refractivity contribution in [2.75, 3.05) is 6.54 Å². The molecule has 42 heavy (non-hydrogen) atoms. The number of sulfonamides is 1. The zero-order chi connectivity index (χ0) is 30.4. The van der Waals surface area contributed by atoms with E-state index in [0.717, 1.165) is 43.9 Å². The van der Waals surface area contributed by atoms with E-state index >= 15 is 0 Å². The van der Waals surface area contributed by atoms with Crippen LogP contribution in [0.2, 0.25) is 0 Å². The fraction of sp³-hybridized carbons (Fsp3) is 0.333. The first-order chi connectivity index (χ1) is 19.8. The van der Waals surface area contributed by atoms with Gasteiger partial charge in [0.05, 0.1) is 16.8 Å². The van der Waals surface area contributed by atoms with Gasteiger partial charge in [-0.15, -0.1) is 0 Å². The minimum Gasteiger partial charge on any atom is -0.443 e. The van der Waals surface area contributed by atoms with Gasteiger partial charge in [0.25, 0.3) is 15.6 Å². The van der Waals surface area contributed by atoms with Gasteiger partial charge in [0.1, 0.15) is 11.6 Å². The second-order valence-corrected chi connectivity index (χ2v) is 11.9. The van der Waals surface area contributed by atoms with Gasteiger partial charge >= 0.3 is 11.9 Å². The van der Waals surface area contributed by atoms with Gasteiger partial charge < -0.3 is 9.73 Å². The third-order valence-electron chi connectivity index (χ3n) is 7.00. The Morgan fingerprint density at radius 2 is 1.88 bits per heavy atom. The third kappa shape index (κ3) is 5.36. The molecule has 0 aliphatic carbocycles. The number of furan rings is 1. The predicted molar refractivity (Wildman–Crippen MR) is 144 cm³/mol. The average molecular weight is 606 g/mol. The Balaban J connectivity index is 1.41. The molecule has 1 amide bonds. The molecular weight excluding hydrogens is 579 g/mol. The summed E-state index contributed by atoms with van der Waals surface area (Å²) in [4.78, 5) is 43.4. The number of carbonyl (C=O) groups is 1. The summed E-state index contributed by atoms with van der Waals surface area (Å²) in [5, 5.41) is 2.75. The van der Waals surface area contributed by atoms with Crippen LogP contribution in [0.5, 0.6) is 0 Å². The lowest BCUT2D eigenvalue weighted by Gasteiger charge is -2.22. The molecule has 1 saturated heterocycles. The van der Waals surface area contributed by atoms with Gasteiger partial charge in [-0.25, -0.2) is 13.2 Å². The molecule has 1 aliphatic heterocycles. The molecule has 1 fully saturated rings. The van der Waals surface area contributed by atoms with E-state index in [1.54, 1.807) is 13.8 Å². The average Bonchev–Trinajstić information content (AvgIpc) is 3.61. The molecule has 1 atom stereocenters. The van der Waals surface area contributed by atoms with E-state index in [1.165, 1.54) is 24.5 Å². The van der Waals surface area contributed by atoms with Crippen molar-refractivity contribution < 1.29 is 30.8 Å². The van der Waals surface area contributed by atoms with Crippen molar-refractivity contribution in [3.05, 3.63) is 87.0 Å². The number of fused-ring (bicyclic) bond motifs is 1. The largest absolute Gasteiger partial charge is 0.443 e. The fourth-order valence-corrected chi connectivity index (χ4v) is 6.50. The molecule has 0 spiro atoms. The van der Waals surface area contributed by atoms with Crippen molar-refractivity contribution in [2.24, 2.45) is 0 Å². The van der Waals surface area contributed by atoms with Crippen LogP contribution < -0.4 is 16.6 Å². The van der Waals surface area contributed by atoms with Crippen LogP contribution in [-0.4, -0.2) is 45.3 Å². The molecule has 222 valence electrons. The highest BCUT2D eigenvalue weighted by Gasteiger charge is 2.41. The summed E-state index contributed by atoms with van der Waals surface area (Å²) in [6.07, 6.45) is 0.158. The van der Waals surface area contributed by atoms with E-state index in [2.05, 4.69) is 10.3 Å². The Morgan fingerprint density at radius 3 is 2.52 bits per heavy atom. The Labute approximate surface area is 237 Å². The molecule has 11 nitrogen and oxygen atoms in total. The maximum atomic E-state index is 13.4. The van der Waals surface area contributed by atoms with Crippen LogP contribution in [-0.2, 0) is 27.5 Å². The fourth-order valence-electron chi connectivity index (χ4n) is 4.89. The molecule has 0 saturated carbocycles. The zero-order valence-electron chi connectivity index (χ0n) is 22.5.